The van der Waals surface area contributed by atoms with E-state index in [0.29, 0.717) is 26.2 Å². The van der Waals surface area contributed by atoms with Gasteiger partial charge in [-0.05, 0) is 62.1 Å². The molecule has 10 heteroatoms. The number of rotatable bonds is 4. The second kappa shape index (κ2) is 8.50. The number of hydrogen-bond acceptors (Lipinski definition) is 6. The van der Waals surface area contributed by atoms with Gasteiger partial charge in [-0.1, -0.05) is 12.8 Å². The summed E-state index contributed by atoms with van der Waals surface area (Å²) < 4.78 is 61.0. The summed E-state index contributed by atoms with van der Waals surface area (Å²) in [5.41, 5.74) is 0.0751. The van der Waals surface area contributed by atoms with E-state index in [-0.39, 0.29) is 31.7 Å². The maximum Gasteiger partial charge on any atom is 0.243 e. The number of piperidine rings is 2. The molecule has 0 spiro atoms. The minimum absolute atomic E-state index is 0.0423. The number of fused-ring (bicyclic) bond motifs is 2. The van der Waals surface area contributed by atoms with Gasteiger partial charge in [-0.2, -0.15) is 8.61 Å². The van der Waals surface area contributed by atoms with Crippen LogP contribution < -0.4 is 5.43 Å². The van der Waals surface area contributed by atoms with Crippen LogP contribution in [0.25, 0.3) is 21.9 Å². The first kappa shape index (κ1) is 22.5. The molecule has 1 aromatic heterocycles. The summed E-state index contributed by atoms with van der Waals surface area (Å²) >= 11 is 0. The summed E-state index contributed by atoms with van der Waals surface area (Å²) in [6.07, 6.45) is 5.26. The third-order valence-corrected chi connectivity index (χ3v) is 10.3. The van der Waals surface area contributed by atoms with Crippen molar-refractivity contribution in [3.05, 3.63) is 46.6 Å². The molecule has 0 radical (unpaired) electrons. The first-order valence-corrected chi connectivity index (χ1v) is 14.2. The summed E-state index contributed by atoms with van der Waals surface area (Å²) in [5.74, 6) is 0. The van der Waals surface area contributed by atoms with E-state index in [9.17, 15) is 21.6 Å². The quantitative estimate of drug-likeness (QED) is 0.520. The van der Waals surface area contributed by atoms with Crippen LogP contribution in [0.5, 0.6) is 0 Å². The van der Waals surface area contributed by atoms with Crippen molar-refractivity contribution in [2.45, 2.75) is 48.3 Å². The van der Waals surface area contributed by atoms with Gasteiger partial charge in [-0.25, -0.2) is 16.8 Å². The Balaban J connectivity index is 1.61. The molecule has 2 fully saturated rings. The van der Waals surface area contributed by atoms with Gasteiger partial charge < -0.3 is 4.42 Å². The highest BCUT2D eigenvalue weighted by Gasteiger charge is 2.28. The second-order valence-corrected chi connectivity index (χ2v) is 12.6. The van der Waals surface area contributed by atoms with E-state index in [4.69, 9.17) is 4.42 Å². The van der Waals surface area contributed by atoms with Crippen LogP contribution >= 0.6 is 0 Å². The Morgan fingerprint density at radius 1 is 0.606 bits per heavy atom. The summed E-state index contributed by atoms with van der Waals surface area (Å²) in [5, 5.41) is 0.237. The van der Waals surface area contributed by atoms with Gasteiger partial charge in [0.05, 0.1) is 20.6 Å². The Kier molecular flexibility index (Phi) is 5.80. The lowest BCUT2D eigenvalue weighted by molar-refractivity contribution is 0.346. The van der Waals surface area contributed by atoms with Crippen molar-refractivity contribution in [1.82, 2.24) is 8.61 Å². The van der Waals surface area contributed by atoms with E-state index < -0.39 is 25.5 Å². The van der Waals surface area contributed by atoms with E-state index in [1.165, 1.54) is 45.0 Å². The average Bonchev–Trinajstić information content (AvgIpc) is 2.85. The Labute approximate surface area is 192 Å². The molecule has 176 valence electrons. The van der Waals surface area contributed by atoms with Crippen molar-refractivity contribution in [2.24, 2.45) is 0 Å². The molecule has 0 atom stereocenters. The first-order valence-electron chi connectivity index (χ1n) is 11.3. The maximum atomic E-state index is 13.3. The highest BCUT2D eigenvalue weighted by molar-refractivity contribution is 7.89. The fraction of sp³-hybridized carbons (Fsp3) is 0.435. The van der Waals surface area contributed by atoms with E-state index >= 15 is 0 Å². The largest absolute Gasteiger partial charge is 0.456 e. The van der Waals surface area contributed by atoms with Crippen LogP contribution in [0.4, 0.5) is 0 Å². The fourth-order valence-corrected chi connectivity index (χ4v) is 7.73. The van der Waals surface area contributed by atoms with Crippen LogP contribution in [0.3, 0.4) is 0 Å². The van der Waals surface area contributed by atoms with Crippen molar-refractivity contribution in [1.29, 1.82) is 0 Å². The minimum Gasteiger partial charge on any atom is -0.456 e. The molecule has 2 saturated heterocycles. The van der Waals surface area contributed by atoms with Crippen molar-refractivity contribution in [3.63, 3.8) is 0 Å². The normalized spacial score (nSPS) is 19.3. The Morgan fingerprint density at radius 2 is 1.00 bits per heavy atom. The maximum absolute atomic E-state index is 13.3. The standard InChI is InChI=1S/C23H26N2O6S2/c26-23-19-15-17(32(27,28)24-11-3-1-4-12-24)7-9-21(19)31-22-10-8-18(16-20(22)23)33(29,30)25-13-5-2-6-14-25/h7-10,15-16H,1-6,11-14H2. The molecule has 33 heavy (non-hydrogen) atoms. The highest BCUT2D eigenvalue weighted by atomic mass is 32.2. The molecular formula is C23H26N2O6S2. The lowest BCUT2D eigenvalue weighted by Crippen LogP contribution is -2.35. The van der Waals surface area contributed by atoms with Gasteiger partial charge >= 0.3 is 0 Å². The molecule has 0 unspecified atom stereocenters. The SMILES string of the molecule is O=c1c2cc(S(=O)(=O)N3CCCCC3)ccc2oc2ccc(S(=O)(=O)N3CCCCC3)cc12. The van der Waals surface area contributed by atoms with Crippen molar-refractivity contribution in [2.75, 3.05) is 26.2 Å². The van der Waals surface area contributed by atoms with E-state index in [1.54, 1.807) is 0 Å². The zero-order valence-electron chi connectivity index (χ0n) is 18.2. The van der Waals surface area contributed by atoms with Crippen LogP contribution in [0.1, 0.15) is 38.5 Å². The second-order valence-electron chi connectivity index (χ2n) is 8.68. The van der Waals surface area contributed by atoms with Crippen molar-refractivity contribution < 1.29 is 21.3 Å². The van der Waals surface area contributed by atoms with Crippen LogP contribution in [0.2, 0.25) is 0 Å². The van der Waals surface area contributed by atoms with Gasteiger partial charge in [0.15, 0.2) is 0 Å². The van der Waals surface area contributed by atoms with E-state index in [1.807, 2.05) is 0 Å². The smallest absolute Gasteiger partial charge is 0.243 e. The zero-order chi connectivity index (χ0) is 23.2. The van der Waals surface area contributed by atoms with Crippen LogP contribution in [0.15, 0.2) is 55.4 Å². The van der Waals surface area contributed by atoms with Crippen molar-refractivity contribution >= 4 is 42.0 Å². The monoisotopic (exact) mass is 490 g/mol. The topological polar surface area (TPSA) is 105 Å². The molecule has 2 aliphatic rings. The van der Waals surface area contributed by atoms with Gasteiger partial charge in [-0.3, -0.25) is 4.79 Å². The van der Waals surface area contributed by atoms with E-state index in [0.717, 1.165) is 38.5 Å². The van der Waals surface area contributed by atoms with Crippen LogP contribution in [-0.2, 0) is 20.0 Å². The third-order valence-electron chi connectivity index (χ3n) is 6.52. The van der Waals surface area contributed by atoms with Crippen molar-refractivity contribution in [3.8, 4) is 0 Å². The Morgan fingerprint density at radius 3 is 1.39 bits per heavy atom. The zero-order valence-corrected chi connectivity index (χ0v) is 19.8. The highest BCUT2D eigenvalue weighted by Crippen LogP contribution is 2.27. The molecule has 8 nitrogen and oxygen atoms in total. The molecule has 3 aromatic rings. The fourth-order valence-electron chi connectivity index (χ4n) is 4.64. The number of hydrogen-bond donors (Lipinski definition) is 0. The lowest BCUT2D eigenvalue weighted by atomic mass is 10.1. The average molecular weight is 491 g/mol. The summed E-state index contributed by atoms with van der Waals surface area (Å²) in [6, 6.07) is 8.58. The van der Waals surface area contributed by atoms with Crippen LogP contribution in [0, 0.1) is 0 Å². The molecule has 0 amide bonds. The predicted molar refractivity (Wildman–Crippen MR) is 125 cm³/mol. The molecular weight excluding hydrogens is 464 g/mol. The summed E-state index contributed by atoms with van der Waals surface area (Å²) in [4.78, 5) is 13.4. The van der Waals surface area contributed by atoms with E-state index in [2.05, 4.69) is 0 Å². The lowest BCUT2D eigenvalue weighted by Gasteiger charge is -2.26. The summed E-state index contributed by atoms with van der Waals surface area (Å²) in [7, 11) is -7.44. The molecule has 0 aliphatic carbocycles. The molecule has 2 aliphatic heterocycles. The van der Waals surface area contributed by atoms with Gasteiger partial charge in [0, 0.05) is 26.2 Å². The number of nitrogens with zero attached hydrogens (tertiary/aromatic N) is 2. The molecule has 2 aromatic carbocycles. The van der Waals surface area contributed by atoms with Gasteiger partial charge in [0.25, 0.3) is 0 Å². The molecule has 0 saturated carbocycles. The predicted octanol–water partition coefficient (Wildman–Crippen LogP) is 3.30. The van der Waals surface area contributed by atoms with Crippen LogP contribution in [-0.4, -0.2) is 51.6 Å². The number of benzene rings is 2. The molecule has 5 rings (SSSR count). The Hall–Kier alpha value is -2.27. The molecule has 0 N–H and O–H groups in total. The third kappa shape index (κ3) is 3.99. The van der Waals surface area contributed by atoms with Gasteiger partial charge in [0.2, 0.25) is 25.5 Å². The molecule has 3 heterocycles. The summed E-state index contributed by atoms with van der Waals surface area (Å²) in [6.45, 7) is 1.85. The Bertz CT molecular complexity index is 1370. The minimum atomic E-state index is -3.72. The molecule has 0 bridgehead atoms. The number of sulfonamides is 2. The van der Waals surface area contributed by atoms with Gasteiger partial charge in [-0.15, -0.1) is 0 Å². The van der Waals surface area contributed by atoms with Gasteiger partial charge in [0.1, 0.15) is 11.2 Å². The first-order chi connectivity index (χ1) is 15.8.